The number of imidazole rings is 1. The van der Waals surface area contributed by atoms with E-state index in [4.69, 9.17) is 14.2 Å². The summed E-state index contributed by atoms with van der Waals surface area (Å²) < 4.78 is 29.3. The molecule has 0 bridgehead atoms. The Balaban J connectivity index is 0.00000289. The van der Waals surface area contributed by atoms with Gasteiger partial charge in [-0.3, -0.25) is 9.19 Å². The summed E-state index contributed by atoms with van der Waals surface area (Å²) in [5.41, 5.74) is 3.52. The van der Waals surface area contributed by atoms with Gasteiger partial charge in [0.1, 0.15) is 17.2 Å². The van der Waals surface area contributed by atoms with Gasteiger partial charge in [0.25, 0.3) is 0 Å². The molecule has 4 rings (SSSR count). The van der Waals surface area contributed by atoms with Crippen molar-refractivity contribution in [3.05, 3.63) is 59.4 Å². The second-order valence-electron chi connectivity index (χ2n) is 6.88. The largest absolute Gasteiger partial charge is 0.497 e. The first-order chi connectivity index (χ1) is 15.0. The summed E-state index contributed by atoms with van der Waals surface area (Å²) in [7, 11) is 1.79. The van der Waals surface area contributed by atoms with E-state index >= 15 is 0 Å². The van der Waals surface area contributed by atoms with E-state index in [1.165, 1.54) is 0 Å². The number of H-pyrrole nitrogens is 1. The Kier molecular flexibility index (Phi) is 7.89. The smallest absolute Gasteiger partial charge is 0.224 e. The number of fused-ring (bicyclic) bond motifs is 1. The van der Waals surface area contributed by atoms with Gasteiger partial charge in [-0.25, -0.2) is 4.98 Å². The van der Waals surface area contributed by atoms with Gasteiger partial charge in [-0.05, 0) is 50.2 Å². The van der Waals surface area contributed by atoms with Crippen molar-refractivity contribution < 1.29 is 18.4 Å². The molecule has 1 N–H and O–H groups in total. The molecule has 1 atom stereocenters. The number of rotatable bonds is 7. The van der Waals surface area contributed by atoms with Crippen LogP contribution in [0.25, 0.3) is 11.2 Å². The Hall–Kier alpha value is -2.46. The normalized spacial score (nSPS) is 11.6. The predicted molar refractivity (Wildman–Crippen MR) is 123 cm³/mol. The summed E-state index contributed by atoms with van der Waals surface area (Å²) in [5, 5.41) is 0.340. The molecule has 1 radical (unpaired) electrons. The molecule has 4 aromatic rings. The second-order valence-corrected chi connectivity index (χ2v) is 8.24. The number of methoxy groups -OCH3 is 2. The number of aromatic nitrogens is 4. The van der Waals surface area contributed by atoms with Gasteiger partial charge in [-0.2, -0.15) is 4.98 Å². The maximum absolute atomic E-state index is 12.9. The van der Waals surface area contributed by atoms with Crippen LogP contribution in [0.3, 0.4) is 0 Å². The summed E-state index contributed by atoms with van der Waals surface area (Å²) in [6.07, 6.45) is 1.64. The number of ether oxygens (including phenoxy) is 3. The number of hydrogen-bond donors (Lipinski definition) is 1. The summed E-state index contributed by atoms with van der Waals surface area (Å²) in [6, 6.07) is 10.9. The van der Waals surface area contributed by atoms with Crippen molar-refractivity contribution in [1.82, 2.24) is 19.9 Å². The number of aromatic amines is 1. The van der Waals surface area contributed by atoms with Gasteiger partial charge < -0.3 is 19.2 Å². The van der Waals surface area contributed by atoms with E-state index in [1.54, 1.807) is 38.6 Å². The zero-order valence-electron chi connectivity index (χ0n) is 18.6. The zero-order valence-corrected chi connectivity index (χ0v) is 21.4. The number of nitrogens with one attached hydrogen (secondary N) is 1. The average Bonchev–Trinajstić information content (AvgIpc) is 3.19. The first kappa shape index (κ1) is 24.2. The molecule has 32 heavy (non-hydrogen) atoms. The first-order valence-corrected chi connectivity index (χ1v) is 10.9. The fourth-order valence-electron chi connectivity index (χ4n) is 3.09. The molecule has 0 saturated carbocycles. The van der Waals surface area contributed by atoms with E-state index in [9.17, 15) is 4.21 Å². The van der Waals surface area contributed by atoms with Crippen LogP contribution in [0.4, 0.5) is 0 Å². The molecule has 0 saturated heterocycles. The Morgan fingerprint density at radius 2 is 1.72 bits per heavy atom. The van der Waals surface area contributed by atoms with E-state index in [1.807, 2.05) is 32.0 Å². The monoisotopic (exact) mass is 461 g/mol. The molecule has 0 aliphatic heterocycles. The average molecular weight is 461 g/mol. The van der Waals surface area contributed by atoms with Crippen LogP contribution in [-0.4, -0.2) is 67.9 Å². The third kappa shape index (κ3) is 5.12. The minimum Gasteiger partial charge on any atom is -0.497 e. The van der Waals surface area contributed by atoms with Gasteiger partial charge >= 0.3 is 0 Å². The minimum absolute atomic E-state index is 0. The van der Waals surface area contributed by atoms with E-state index in [2.05, 4.69) is 19.9 Å². The molecular formula is C22H22N4NaO4S. The third-order valence-corrected chi connectivity index (χ3v) is 5.99. The standard InChI is InChI=1S/C22H22N4O4S.Na/c1-13-11-17-20(25-21(13)30-16-7-5-15(28-3)6-8-16)26-22(24-17)31(27)12-18-14(2)19(29-4)9-10-23-18;/h5-11H,12H2,1-4H3,(H,24,25,26);. The van der Waals surface area contributed by atoms with E-state index in [-0.39, 0.29) is 35.3 Å². The maximum Gasteiger partial charge on any atom is 0.224 e. The number of aryl methyl sites for hydroxylation is 1. The molecular weight excluding hydrogens is 439 g/mol. The number of nitrogens with zero attached hydrogens (tertiary/aromatic N) is 3. The molecule has 0 spiro atoms. The van der Waals surface area contributed by atoms with Crippen molar-refractivity contribution in [2.75, 3.05) is 14.2 Å². The van der Waals surface area contributed by atoms with E-state index in [0.29, 0.717) is 39.4 Å². The van der Waals surface area contributed by atoms with E-state index in [0.717, 1.165) is 16.9 Å². The minimum atomic E-state index is -1.42. The summed E-state index contributed by atoms with van der Waals surface area (Å²) in [4.78, 5) is 16.4. The summed E-state index contributed by atoms with van der Waals surface area (Å²) in [5.74, 6) is 2.75. The predicted octanol–water partition coefficient (Wildman–Crippen LogP) is 3.71. The van der Waals surface area contributed by atoms with Gasteiger partial charge in [0.15, 0.2) is 10.8 Å². The van der Waals surface area contributed by atoms with Crippen LogP contribution in [0, 0.1) is 13.8 Å². The van der Waals surface area contributed by atoms with Crippen LogP contribution in [0.15, 0.2) is 47.8 Å². The Labute approximate surface area is 210 Å². The zero-order chi connectivity index (χ0) is 22.0. The molecule has 1 aromatic carbocycles. The van der Waals surface area contributed by atoms with Gasteiger partial charge in [-0.15, -0.1) is 0 Å². The SMILES string of the molecule is COc1ccc(Oc2nc3nc(S(=O)Cc4nccc(OC)c4C)[nH]c3cc2C)cc1.[Na]. The Bertz CT molecular complexity index is 1260. The fraction of sp³-hybridized carbons (Fsp3) is 0.227. The quantitative estimate of drug-likeness (QED) is 0.419. The Morgan fingerprint density at radius 1 is 1.00 bits per heavy atom. The van der Waals surface area contributed by atoms with Crippen LogP contribution >= 0.6 is 0 Å². The van der Waals surface area contributed by atoms with Crippen molar-refractivity contribution >= 4 is 51.5 Å². The molecule has 0 amide bonds. The topological polar surface area (TPSA) is 99.2 Å². The molecule has 1 unspecified atom stereocenters. The molecule has 0 aliphatic rings. The van der Waals surface area contributed by atoms with Crippen LogP contribution in [-0.2, 0) is 16.6 Å². The maximum atomic E-state index is 12.9. The molecule has 3 heterocycles. The van der Waals surface area contributed by atoms with Gasteiger partial charge in [0.05, 0.1) is 42.0 Å². The molecule has 3 aromatic heterocycles. The molecule has 0 aliphatic carbocycles. The van der Waals surface area contributed by atoms with Crippen molar-refractivity contribution in [3.63, 3.8) is 0 Å². The van der Waals surface area contributed by atoms with Crippen LogP contribution < -0.4 is 14.2 Å². The van der Waals surface area contributed by atoms with Gasteiger partial charge in [0.2, 0.25) is 5.88 Å². The van der Waals surface area contributed by atoms with Crippen molar-refractivity contribution in [2.24, 2.45) is 0 Å². The van der Waals surface area contributed by atoms with Crippen LogP contribution in [0.1, 0.15) is 16.8 Å². The van der Waals surface area contributed by atoms with E-state index < -0.39 is 10.8 Å². The van der Waals surface area contributed by atoms with Crippen molar-refractivity contribution in [1.29, 1.82) is 0 Å². The number of hydrogen-bond acceptors (Lipinski definition) is 7. The molecule has 0 fully saturated rings. The van der Waals surface area contributed by atoms with Crippen molar-refractivity contribution in [2.45, 2.75) is 24.8 Å². The Morgan fingerprint density at radius 3 is 2.41 bits per heavy atom. The molecule has 10 heteroatoms. The third-order valence-electron chi connectivity index (χ3n) is 4.83. The van der Waals surface area contributed by atoms with Gasteiger partial charge in [0, 0.05) is 46.9 Å². The fourth-order valence-corrected chi connectivity index (χ4v) is 4.18. The molecule has 161 valence electrons. The first-order valence-electron chi connectivity index (χ1n) is 9.54. The molecule has 8 nitrogen and oxygen atoms in total. The number of benzene rings is 1. The van der Waals surface area contributed by atoms with Crippen LogP contribution in [0.2, 0.25) is 0 Å². The summed E-state index contributed by atoms with van der Waals surface area (Å²) in [6.45, 7) is 3.79. The van der Waals surface area contributed by atoms with Gasteiger partial charge in [-0.1, -0.05) is 0 Å². The summed E-state index contributed by atoms with van der Waals surface area (Å²) >= 11 is 0. The van der Waals surface area contributed by atoms with Crippen LogP contribution in [0.5, 0.6) is 23.1 Å². The second kappa shape index (κ2) is 10.4. The number of pyridine rings is 2. The van der Waals surface area contributed by atoms with Crippen molar-refractivity contribution in [3.8, 4) is 23.1 Å².